The molecule has 0 fully saturated rings. The SMILES string of the molecule is O=C(Cc1ccsc1)Nc1cc(Cl)ccc1C(=O)O. The number of halogens is 1. The number of anilines is 1. The molecule has 1 aromatic carbocycles. The van der Waals surface area contributed by atoms with Crippen LogP contribution < -0.4 is 5.32 Å². The van der Waals surface area contributed by atoms with Crippen LogP contribution in [-0.2, 0) is 11.2 Å². The first kappa shape index (κ1) is 13.6. The maximum atomic E-state index is 11.8. The van der Waals surface area contributed by atoms with Crippen molar-refractivity contribution in [2.45, 2.75) is 6.42 Å². The lowest BCUT2D eigenvalue weighted by Gasteiger charge is -2.08. The first-order valence-corrected chi connectivity index (χ1v) is 6.72. The van der Waals surface area contributed by atoms with Crippen LogP contribution in [0.4, 0.5) is 5.69 Å². The van der Waals surface area contributed by atoms with Gasteiger partial charge in [-0.2, -0.15) is 11.3 Å². The molecule has 1 heterocycles. The molecule has 4 nitrogen and oxygen atoms in total. The number of carbonyl (C=O) groups is 2. The van der Waals surface area contributed by atoms with E-state index in [0.717, 1.165) is 5.56 Å². The van der Waals surface area contributed by atoms with E-state index >= 15 is 0 Å². The summed E-state index contributed by atoms with van der Waals surface area (Å²) in [5.41, 5.74) is 1.12. The molecular formula is C13H10ClNO3S. The van der Waals surface area contributed by atoms with E-state index in [1.165, 1.54) is 29.5 Å². The van der Waals surface area contributed by atoms with Gasteiger partial charge in [0.15, 0.2) is 0 Å². The minimum Gasteiger partial charge on any atom is -0.478 e. The summed E-state index contributed by atoms with van der Waals surface area (Å²) in [4.78, 5) is 22.9. The third-order valence-electron chi connectivity index (χ3n) is 2.43. The zero-order chi connectivity index (χ0) is 13.8. The number of carboxylic acids is 1. The summed E-state index contributed by atoms with van der Waals surface area (Å²) in [5.74, 6) is -1.38. The fourth-order valence-corrected chi connectivity index (χ4v) is 2.42. The van der Waals surface area contributed by atoms with Gasteiger partial charge in [-0.3, -0.25) is 4.79 Å². The van der Waals surface area contributed by atoms with Crippen molar-refractivity contribution >= 4 is 40.5 Å². The number of benzene rings is 1. The van der Waals surface area contributed by atoms with Crippen molar-refractivity contribution in [2.75, 3.05) is 5.32 Å². The molecule has 2 rings (SSSR count). The third kappa shape index (κ3) is 3.56. The zero-order valence-corrected chi connectivity index (χ0v) is 11.3. The molecule has 0 atom stereocenters. The Labute approximate surface area is 118 Å². The molecule has 1 aromatic heterocycles. The van der Waals surface area contributed by atoms with E-state index in [1.807, 2.05) is 16.8 Å². The van der Waals surface area contributed by atoms with Crippen LogP contribution in [0, 0.1) is 0 Å². The molecular weight excluding hydrogens is 286 g/mol. The predicted octanol–water partition coefficient (Wildman–Crippen LogP) is 3.28. The van der Waals surface area contributed by atoms with Crippen LogP contribution in [0.15, 0.2) is 35.0 Å². The number of nitrogens with one attached hydrogen (secondary N) is 1. The molecule has 19 heavy (non-hydrogen) atoms. The Morgan fingerprint density at radius 1 is 1.32 bits per heavy atom. The van der Waals surface area contributed by atoms with E-state index in [0.29, 0.717) is 5.02 Å². The second kappa shape index (κ2) is 5.86. The van der Waals surface area contributed by atoms with Gasteiger partial charge in [0.2, 0.25) is 5.91 Å². The monoisotopic (exact) mass is 295 g/mol. The highest BCUT2D eigenvalue weighted by Gasteiger charge is 2.13. The Bertz CT molecular complexity index is 610. The van der Waals surface area contributed by atoms with Crippen LogP contribution in [-0.4, -0.2) is 17.0 Å². The Balaban J connectivity index is 2.16. The summed E-state index contributed by atoms with van der Waals surface area (Å²) < 4.78 is 0. The van der Waals surface area contributed by atoms with Gasteiger partial charge in [0.1, 0.15) is 0 Å². The quantitative estimate of drug-likeness (QED) is 0.909. The van der Waals surface area contributed by atoms with Gasteiger partial charge in [0, 0.05) is 5.02 Å². The smallest absolute Gasteiger partial charge is 0.337 e. The predicted molar refractivity (Wildman–Crippen MR) is 75.1 cm³/mol. The number of aromatic carboxylic acids is 1. The van der Waals surface area contributed by atoms with Crippen LogP contribution in [0.25, 0.3) is 0 Å². The van der Waals surface area contributed by atoms with Gasteiger partial charge in [-0.05, 0) is 40.6 Å². The van der Waals surface area contributed by atoms with Gasteiger partial charge < -0.3 is 10.4 Å². The molecule has 1 amide bonds. The van der Waals surface area contributed by atoms with Crippen molar-refractivity contribution in [1.29, 1.82) is 0 Å². The maximum Gasteiger partial charge on any atom is 0.337 e. The summed E-state index contributed by atoms with van der Waals surface area (Å²) in [6.45, 7) is 0. The molecule has 0 aliphatic heterocycles. The van der Waals surface area contributed by atoms with Crippen molar-refractivity contribution in [3.8, 4) is 0 Å². The molecule has 6 heteroatoms. The molecule has 0 saturated heterocycles. The average Bonchev–Trinajstić information content (AvgIpc) is 2.81. The summed E-state index contributed by atoms with van der Waals surface area (Å²) in [7, 11) is 0. The zero-order valence-electron chi connectivity index (χ0n) is 9.72. The molecule has 0 radical (unpaired) electrons. The number of hydrogen-bond donors (Lipinski definition) is 2. The Kier molecular flexibility index (Phi) is 4.19. The summed E-state index contributed by atoms with van der Waals surface area (Å²) >= 11 is 7.31. The standard InChI is InChI=1S/C13H10ClNO3S/c14-9-1-2-10(13(17)18)11(6-9)15-12(16)5-8-3-4-19-7-8/h1-4,6-7H,5H2,(H,15,16)(H,17,18). The Morgan fingerprint density at radius 3 is 2.74 bits per heavy atom. The molecule has 0 aliphatic rings. The second-order valence-corrected chi connectivity index (χ2v) is 5.07. The van der Waals surface area contributed by atoms with E-state index in [1.54, 1.807) is 0 Å². The number of carbonyl (C=O) groups excluding carboxylic acids is 1. The Morgan fingerprint density at radius 2 is 2.11 bits per heavy atom. The van der Waals surface area contributed by atoms with E-state index in [9.17, 15) is 9.59 Å². The van der Waals surface area contributed by atoms with Crippen LogP contribution in [0.1, 0.15) is 15.9 Å². The van der Waals surface area contributed by atoms with Gasteiger partial charge in [0.25, 0.3) is 0 Å². The van der Waals surface area contributed by atoms with Crippen molar-refractivity contribution in [1.82, 2.24) is 0 Å². The Hall–Kier alpha value is -1.85. The molecule has 0 spiro atoms. The van der Waals surface area contributed by atoms with Gasteiger partial charge >= 0.3 is 5.97 Å². The van der Waals surface area contributed by atoms with Crippen molar-refractivity contribution in [3.63, 3.8) is 0 Å². The third-order valence-corrected chi connectivity index (χ3v) is 3.40. The molecule has 2 aromatic rings. The molecule has 0 bridgehead atoms. The van der Waals surface area contributed by atoms with Crippen molar-refractivity contribution < 1.29 is 14.7 Å². The number of carboxylic acid groups (broad SMARTS) is 1. The lowest BCUT2D eigenvalue weighted by molar-refractivity contribution is -0.115. The fourth-order valence-electron chi connectivity index (χ4n) is 1.58. The highest BCUT2D eigenvalue weighted by atomic mass is 35.5. The van der Waals surface area contributed by atoms with E-state index in [4.69, 9.17) is 16.7 Å². The lowest BCUT2D eigenvalue weighted by atomic mass is 10.1. The first-order valence-electron chi connectivity index (χ1n) is 5.40. The summed E-state index contributed by atoms with van der Waals surface area (Å²) in [6, 6.07) is 6.11. The fraction of sp³-hybridized carbons (Fsp3) is 0.0769. The molecule has 0 saturated carbocycles. The van der Waals surface area contributed by atoms with E-state index in [2.05, 4.69) is 5.32 Å². The molecule has 0 unspecified atom stereocenters. The average molecular weight is 296 g/mol. The van der Waals surface area contributed by atoms with E-state index in [-0.39, 0.29) is 23.6 Å². The van der Waals surface area contributed by atoms with Crippen molar-refractivity contribution in [2.24, 2.45) is 0 Å². The highest BCUT2D eigenvalue weighted by Crippen LogP contribution is 2.21. The summed E-state index contributed by atoms with van der Waals surface area (Å²) in [5, 5.41) is 15.7. The highest BCUT2D eigenvalue weighted by molar-refractivity contribution is 7.08. The van der Waals surface area contributed by atoms with Crippen LogP contribution >= 0.6 is 22.9 Å². The maximum absolute atomic E-state index is 11.8. The van der Waals surface area contributed by atoms with Gasteiger partial charge in [-0.1, -0.05) is 11.6 Å². The minimum atomic E-state index is -1.11. The van der Waals surface area contributed by atoms with Gasteiger partial charge in [-0.15, -0.1) is 0 Å². The van der Waals surface area contributed by atoms with E-state index < -0.39 is 5.97 Å². The molecule has 0 aliphatic carbocycles. The molecule has 2 N–H and O–H groups in total. The first-order chi connectivity index (χ1) is 9.06. The largest absolute Gasteiger partial charge is 0.478 e. The topological polar surface area (TPSA) is 66.4 Å². The number of hydrogen-bond acceptors (Lipinski definition) is 3. The van der Waals surface area contributed by atoms with Gasteiger partial charge in [-0.25, -0.2) is 4.79 Å². The van der Waals surface area contributed by atoms with Crippen LogP contribution in [0.5, 0.6) is 0 Å². The van der Waals surface area contributed by atoms with Gasteiger partial charge in [0.05, 0.1) is 17.7 Å². The normalized spacial score (nSPS) is 10.2. The lowest BCUT2D eigenvalue weighted by Crippen LogP contribution is -2.16. The second-order valence-electron chi connectivity index (χ2n) is 3.85. The summed E-state index contributed by atoms with van der Waals surface area (Å²) in [6.07, 6.45) is 0.203. The van der Waals surface area contributed by atoms with Crippen molar-refractivity contribution in [3.05, 3.63) is 51.2 Å². The molecule has 98 valence electrons. The minimum absolute atomic E-state index is 0.0167. The number of thiophene rings is 1. The number of amides is 1. The number of rotatable bonds is 4. The van der Waals surface area contributed by atoms with Crippen LogP contribution in [0.2, 0.25) is 5.02 Å². The van der Waals surface area contributed by atoms with Crippen LogP contribution in [0.3, 0.4) is 0 Å².